The number of sulfonamides is 1. The summed E-state index contributed by atoms with van der Waals surface area (Å²) in [5.41, 5.74) is 3.70. The van der Waals surface area contributed by atoms with Gasteiger partial charge in [0.2, 0.25) is 0 Å². The summed E-state index contributed by atoms with van der Waals surface area (Å²) < 4.78 is 26.4. The van der Waals surface area contributed by atoms with Crippen molar-refractivity contribution in [2.75, 3.05) is 0 Å². The molecule has 28 heavy (non-hydrogen) atoms. The molecule has 0 aliphatic carbocycles. The quantitative estimate of drug-likeness (QED) is 0.210. The van der Waals surface area contributed by atoms with Gasteiger partial charge >= 0.3 is 0 Å². The van der Waals surface area contributed by atoms with Gasteiger partial charge in [0.25, 0.3) is 10.0 Å². The van der Waals surface area contributed by atoms with Crippen molar-refractivity contribution in [1.82, 2.24) is 4.83 Å². The zero-order valence-electron chi connectivity index (χ0n) is 18.8. The van der Waals surface area contributed by atoms with E-state index in [4.69, 9.17) is 0 Å². The van der Waals surface area contributed by atoms with Crippen molar-refractivity contribution in [1.29, 1.82) is 0 Å². The van der Waals surface area contributed by atoms with Crippen LogP contribution >= 0.6 is 0 Å². The van der Waals surface area contributed by atoms with Gasteiger partial charge in [0.1, 0.15) is 0 Å². The topological polar surface area (TPSA) is 58.5 Å². The molecule has 1 N–H and O–H groups in total. The number of nitrogens with zero attached hydrogens (tertiary/aromatic N) is 1. The summed E-state index contributed by atoms with van der Waals surface area (Å²) in [6, 6.07) is 4.09. The second-order valence-electron chi connectivity index (χ2n) is 8.40. The molecule has 0 aliphatic heterocycles. The Morgan fingerprint density at radius 2 is 1.57 bits per heavy atom. The van der Waals surface area contributed by atoms with Gasteiger partial charge in [0.15, 0.2) is 0 Å². The Bertz CT molecular complexity index is 775. The van der Waals surface area contributed by atoms with E-state index in [1.54, 1.807) is 0 Å². The van der Waals surface area contributed by atoms with E-state index in [1.165, 1.54) is 5.56 Å². The Labute approximate surface area is 172 Å². The molecule has 1 rings (SSSR count). The molecule has 0 unspecified atom stereocenters. The maximum Gasteiger partial charge on any atom is 0.277 e. The molecular formula is C23H38N2O2S. The lowest BCUT2D eigenvalue weighted by Crippen LogP contribution is -2.24. The van der Waals surface area contributed by atoms with E-state index >= 15 is 0 Å². The number of unbranched alkanes of at least 4 members (excludes halogenated alkanes) is 1. The largest absolute Gasteiger partial charge is 0.277 e. The summed E-state index contributed by atoms with van der Waals surface area (Å²) in [5.74, 6) is 0.555. The molecular weight excluding hydrogens is 368 g/mol. The molecule has 1 aromatic rings. The summed E-state index contributed by atoms with van der Waals surface area (Å²) in [6.45, 7) is 16.3. The van der Waals surface area contributed by atoms with E-state index in [1.807, 2.05) is 59.8 Å². The van der Waals surface area contributed by atoms with Crippen molar-refractivity contribution in [2.45, 2.75) is 97.3 Å². The van der Waals surface area contributed by atoms with Crippen LogP contribution in [0.3, 0.4) is 0 Å². The third-order valence-corrected chi connectivity index (χ3v) is 6.19. The first kappa shape index (κ1) is 24.4. The lowest BCUT2D eigenvalue weighted by molar-refractivity contribution is 0.578. The molecule has 0 bridgehead atoms. The first-order valence-electron chi connectivity index (χ1n) is 10.3. The Hall–Kier alpha value is -1.62. The number of hydrazone groups is 1. The van der Waals surface area contributed by atoms with Gasteiger partial charge in [-0.15, -0.1) is 0 Å². The SMILES string of the molecule is C/C=C/CCC/C(C)=N\NS(=O)(=O)c1c(C(C)C)cc(C(C)C)cc1C(C)C. The Kier molecular flexibility index (Phi) is 9.42. The molecule has 0 atom stereocenters. The van der Waals surface area contributed by atoms with E-state index < -0.39 is 10.0 Å². The maximum absolute atomic E-state index is 13.2. The van der Waals surface area contributed by atoms with E-state index in [-0.39, 0.29) is 11.8 Å². The van der Waals surface area contributed by atoms with Gasteiger partial charge < -0.3 is 0 Å². The minimum atomic E-state index is -3.74. The highest BCUT2D eigenvalue weighted by Gasteiger charge is 2.26. The van der Waals surface area contributed by atoms with Crippen LogP contribution in [0.15, 0.2) is 34.3 Å². The predicted molar refractivity (Wildman–Crippen MR) is 121 cm³/mol. The van der Waals surface area contributed by atoms with Gasteiger partial charge in [-0.25, -0.2) is 4.83 Å². The summed E-state index contributed by atoms with van der Waals surface area (Å²) in [5, 5.41) is 4.18. The molecule has 0 heterocycles. The molecule has 4 nitrogen and oxygen atoms in total. The smallest absolute Gasteiger partial charge is 0.200 e. The van der Waals surface area contributed by atoms with Crippen LogP contribution in [-0.4, -0.2) is 14.1 Å². The number of hydrogen-bond acceptors (Lipinski definition) is 3. The highest BCUT2D eigenvalue weighted by atomic mass is 32.2. The molecule has 0 saturated heterocycles. The maximum atomic E-state index is 13.2. The van der Waals surface area contributed by atoms with Crippen LogP contribution in [0.5, 0.6) is 0 Å². The van der Waals surface area contributed by atoms with Crippen molar-refractivity contribution in [3.8, 4) is 0 Å². The van der Waals surface area contributed by atoms with Crippen LogP contribution in [0.4, 0.5) is 0 Å². The average molecular weight is 407 g/mol. The summed E-state index contributed by atoms with van der Waals surface area (Å²) in [7, 11) is -3.74. The number of hydrogen-bond donors (Lipinski definition) is 1. The molecule has 1 aromatic carbocycles. The van der Waals surface area contributed by atoms with Crippen LogP contribution in [0.25, 0.3) is 0 Å². The van der Waals surface area contributed by atoms with Gasteiger partial charge in [0, 0.05) is 5.71 Å². The highest BCUT2D eigenvalue weighted by Crippen LogP contribution is 2.35. The van der Waals surface area contributed by atoms with Gasteiger partial charge in [-0.3, -0.25) is 0 Å². The average Bonchev–Trinajstić information content (AvgIpc) is 2.62. The molecule has 0 amide bonds. The van der Waals surface area contributed by atoms with Crippen molar-refractivity contribution in [3.63, 3.8) is 0 Å². The van der Waals surface area contributed by atoms with E-state index in [2.05, 4.69) is 29.9 Å². The number of allylic oxidation sites excluding steroid dienone is 2. The zero-order valence-corrected chi connectivity index (χ0v) is 19.7. The monoisotopic (exact) mass is 406 g/mol. The first-order chi connectivity index (χ1) is 13.0. The zero-order chi connectivity index (χ0) is 21.5. The molecule has 0 aliphatic rings. The van der Waals surface area contributed by atoms with Crippen LogP contribution in [0.1, 0.15) is 109 Å². The molecule has 0 radical (unpaired) electrons. The van der Waals surface area contributed by atoms with Crippen molar-refractivity contribution in [3.05, 3.63) is 41.0 Å². The fourth-order valence-corrected chi connectivity index (χ4v) is 4.66. The van der Waals surface area contributed by atoms with Crippen molar-refractivity contribution >= 4 is 15.7 Å². The first-order valence-corrected chi connectivity index (χ1v) is 11.8. The van der Waals surface area contributed by atoms with Crippen molar-refractivity contribution in [2.24, 2.45) is 5.10 Å². The van der Waals surface area contributed by atoms with Crippen LogP contribution < -0.4 is 4.83 Å². The molecule has 0 aromatic heterocycles. The summed E-state index contributed by atoms with van der Waals surface area (Å²) >= 11 is 0. The lowest BCUT2D eigenvalue weighted by Gasteiger charge is -2.22. The van der Waals surface area contributed by atoms with Crippen LogP contribution in [0.2, 0.25) is 0 Å². The number of rotatable bonds is 10. The normalized spacial score (nSPS) is 13.3. The van der Waals surface area contributed by atoms with Gasteiger partial charge in [0.05, 0.1) is 4.90 Å². The Morgan fingerprint density at radius 3 is 2.00 bits per heavy atom. The molecule has 5 heteroatoms. The Morgan fingerprint density at radius 1 is 1.04 bits per heavy atom. The fraction of sp³-hybridized carbons (Fsp3) is 0.609. The second kappa shape index (κ2) is 10.8. The number of nitrogens with one attached hydrogen (secondary N) is 1. The van der Waals surface area contributed by atoms with E-state index in [0.717, 1.165) is 36.1 Å². The summed E-state index contributed by atoms with van der Waals surface area (Å²) in [6.07, 6.45) is 6.84. The van der Waals surface area contributed by atoms with Gasteiger partial charge in [-0.2, -0.15) is 13.5 Å². The van der Waals surface area contributed by atoms with Gasteiger partial charge in [-0.05, 0) is 67.6 Å². The highest BCUT2D eigenvalue weighted by molar-refractivity contribution is 7.89. The molecule has 158 valence electrons. The van der Waals surface area contributed by atoms with E-state index in [0.29, 0.717) is 10.8 Å². The second-order valence-corrected chi connectivity index (χ2v) is 9.99. The molecule has 0 fully saturated rings. The van der Waals surface area contributed by atoms with Gasteiger partial charge in [-0.1, -0.05) is 65.8 Å². The van der Waals surface area contributed by atoms with Crippen LogP contribution in [-0.2, 0) is 10.0 Å². The standard InChI is InChI=1S/C23H38N2O2S/c1-9-10-11-12-13-19(8)24-25-28(26,27)23-21(17(4)5)14-20(16(2)3)15-22(23)18(6)7/h9-10,14-18,25H,11-13H2,1-8H3/b10-9+,24-19-. The lowest BCUT2D eigenvalue weighted by atomic mass is 9.89. The summed E-state index contributed by atoms with van der Waals surface area (Å²) in [4.78, 5) is 2.89. The third kappa shape index (κ3) is 6.77. The molecule has 0 saturated carbocycles. The number of benzene rings is 1. The van der Waals surface area contributed by atoms with Crippen molar-refractivity contribution < 1.29 is 8.42 Å². The van der Waals surface area contributed by atoms with E-state index in [9.17, 15) is 8.42 Å². The minimum absolute atomic E-state index is 0.105. The Balaban J connectivity index is 3.31. The minimum Gasteiger partial charge on any atom is -0.200 e. The van der Waals surface area contributed by atoms with Crippen LogP contribution in [0, 0.1) is 0 Å². The fourth-order valence-electron chi connectivity index (χ4n) is 3.08. The predicted octanol–water partition coefficient (Wildman–Crippen LogP) is 6.46. The third-order valence-electron chi connectivity index (χ3n) is 4.85. The molecule has 0 spiro atoms.